The summed E-state index contributed by atoms with van der Waals surface area (Å²) in [6.07, 6.45) is 5.10. The van der Waals surface area contributed by atoms with Gasteiger partial charge in [-0.1, -0.05) is 0 Å². The Morgan fingerprint density at radius 1 is 1.67 bits per heavy atom. The van der Waals surface area contributed by atoms with Crippen molar-refractivity contribution in [3.05, 3.63) is 16.9 Å². The maximum absolute atomic E-state index is 4.28. The summed E-state index contributed by atoms with van der Waals surface area (Å²) in [6.45, 7) is 2.30. The number of nitrogens with zero attached hydrogens (tertiary/aromatic N) is 3. The third kappa shape index (κ3) is 1.54. The minimum absolute atomic E-state index is 0.571. The lowest BCUT2D eigenvalue weighted by Crippen LogP contribution is -2.16. The molecular formula is C8H12BrN3. The molecule has 1 fully saturated rings. The van der Waals surface area contributed by atoms with Gasteiger partial charge in [0.25, 0.3) is 0 Å². The van der Waals surface area contributed by atoms with Crippen molar-refractivity contribution in [1.82, 2.24) is 14.7 Å². The van der Waals surface area contributed by atoms with E-state index in [1.807, 2.05) is 17.1 Å². The van der Waals surface area contributed by atoms with E-state index in [9.17, 15) is 0 Å². The lowest BCUT2D eigenvalue weighted by molar-refractivity contribution is 0.382. The monoisotopic (exact) mass is 229 g/mol. The molecule has 0 bridgehead atoms. The van der Waals surface area contributed by atoms with Crippen molar-refractivity contribution in [2.75, 3.05) is 20.1 Å². The molecular weight excluding hydrogens is 218 g/mol. The third-order valence-electron chi connectivity index (χ3n) is 2.31. The first-order chi connectivity index (χ1) is 5.75. The van der Waals surface area contributed by atoms with E-state index in [0.717, 1.165) is 11.0 Å². The van der Waals surface area contributed by atoms with E-state index in [4.69, 9.17) is 0 Å². The van der Waals surface area contributed by atoms with Crippen molar-refractivity contribution >= 4 is 15.9 Å². The summed E-state index contributed by atoms with van der Waals surface area (Å²) in [4.78, 5) is 2.33. The lowest BCUT2D eigenvalue weighted by Gasteiger charge is -2.10. The second-order valence-corrected chi connectivity index (χ2v) is 4.26. The Morgan fingerprint density at radius 2 is 2.50 bits per heavy atom. The lowest BCUT2D eigenvalue weighted by atomic mass is 10.3. The van der Waals surface area contributed by atoms with Gasteiger partial charge in [-0.25, -0.2) is 0 Å². The molecule has 0 aromatic carbocycles. The second kappa shape index (κ2) is 3.18. The number of aromatic nitrogens is 2. The summed E-state index contributed by atoms with van der Waals surface area (Å²) in [6, 6.07) is 0.571. The van der Waals surface area contributed by atoms with Crippen LogP contribution in [-0.4, -0.2) is 34.8 Å². The van der Waals surface area contributed by atoms with Crippen molar-refractivity contribution < 1.29 is 0 Å². The van der Waals surface area contributed by atoms with Crippen molar-refractivity contribution in [2.45, 2.75) is 12.5 Å². The average Bonchev–Trinajstić information content (AvgIpc) is 2.58. The minimum Gasteiger partial charge on any atom is -0.304 e. The van der Waals surface area contributed by atoms with Crippen LogP contribution in [-0.2, 0) is 0 Å². The zero-order valence-corrected chi connectivity index (χ0v) is 8.66. The Morgan fingerprint density at radius 3 is 3.00 bits per heavy atom. The molecule has 3 nitrogen and oxygen atoms in total. The van der Waals surface area contributed by atoms with Gasteiger partial charge < -0.3 is 4.90 Å². The molecule has 1 saturated heterocycles. The molecule has 0 amide bonds. The molecule has 1 unspecified atom stereocenters. The Balaban J connectivity index is 2.11. The van der Waals surface area contributed by atoms with Gasteiger partial charge in [0.1, 0.15) is 0 Å². The van der Waals surface area contributed by atoms with Crippen LogP contribution < -0.4 is 0 Å². The summed E-state index contributed by atoms with van der Waals surface area (Å²) in [5.74, 6) is 0. The molecule has 4 heteroatoms. The van der Waals surface area contributed by atoms with Crippen LogP contribution in [0.1, 0.15) is 12.5 Å². The summed E-state index contributed by atoms with van der Waals surface area (Å²) in [7, 11) is 2.15. The van der Waals surface area contributed by atoms with E-state index in [1.165, 1.54) is 13.0 Å². The fourth-order valence-corrected chi connectivity index (χ4v) is 1.94. The van der Waals surface area contributed by atoms with Crippen molar-refractivity contribution in [3.63, 3.8) is 0 Å². The molecule has 2 rings (SSSR count). The Hall–Kier alpha value is -0.350. The van der Waals surface area contributed by atoms with Gasteiger partial charge in [-0.3, -0.25) is 4.68 Å². The maximum atomic E-state index is 4.28. The molecule has 2 heterocycles. The van der Waals surface area contributed by atoms with Gasteiger partial charge in [0.2, 0.25) is 0 Å². The summed E-state index contributed by atoms with van der Waals surface area (Å²) < 4.78 is 3.12. The highest BCUT2D eigenvalue weighted by molar-refractivity contribution is 9.10. The van der Waals surface area contributed by atoms with E-state index < -0.39 is 0 Å². The molecule has 66 valence electrons. The van der Waals surface area contributed by atoms with Crippen LogP contribution >= 0.6 is 15.9 Å². The first kappa shape index (κ1) is 8.26. The minimum atomic E-state index is 0.571. The van der Waals surface area contributed by atoms with Crippen LogP contribution in [0.4, 0.5) is 0 Å². The van der Waals surface area contributed by atoms with Crippen LogP contribution in [0.15, 0.2) is 16.9 Å². The molecule has 0 spiro atoms. The highest BCUT2D eigenvalue weighted by atomic mass is 79.9. The first-order valence-electron chi connectivity index (χ1n) is 4.14. The third-order valence-corrected chi connectivity index (χ3v) is 2.72. The number of likely N-dealkylation sites (N-methyl/N-ethyl adjacent to an activating group) is 1. The van der Waals surface area contributed by atoms with Gasteiger partial charge in [0.05, 0.1) is 16.7 Å². The second-order valence-electron chi connectivity index (χ2n) is 3.34. The highest BCUT2D eigenvalue weighted by Crippen LogP contribution is 2.20. The largest absolute Gasteiger partial charge is 0.304 e. The molecule has 0 N–H and O–H groups in total. The smallest absolute Gasteiger partial charge is 0.0658 e. The molecule has 0 radical (unpaired) electrons. The fourth-order valence-electron chi connectivity index (χ4n) is 1.64. The molecule has 0 aliphatic carbocycles. The molecule has 1 aromatic heterocycles. The normalized spacial score (nSPS) is 25.0. The van der Waals surface area contributed by atoms with Gasteiger partial charge in [-0.05, 0) is 35.9 Å². The van der Waals surface area contributed by atoms with Crippen LogP contribution in [0.3, 0.4) is 0 Å². The molecule has 1 aliphatic rings. The predicted molar refractivity (Wildman–Crippen MR) is 51.1 cm³/mol. The first-order valence-corrected chi connectivity index (χ1v) is 4.93. The van der Waals surface area contributed by atoms with Gasteiger partial charge >= 0.3 is 0 Å². The number of hydrogen-bond donors (Lipinski definition) is 0. The van der Waals surface area contributed by atoms with E-state index in [1.54, 1.807) is 0 Å². The molecule has 12 heavy (non-hydrogen) atoms. The quantitative estimate of drug-likeness (QED) is 0.729. The standard InChI is InChI=1S/C8H12BrN3/c1-11-3-2-8(6-11)12-5-7(9)4-10-12/h4-5,8H,2-3,6H2,1H3. The zero-order valence-electron chi connectivity index (χ0n) is 7.07. The zero-order chi connectivity index (χ0) is 8.55. The fraction of sp³-hybridized carbons (Fsp3) is 0.625. The Labute approximate surface area is 80.5 Å². The van der Waals surface area contributed by atoms with E-state index in [2.05, 4.69) is 33.0 Å². The number of rotatable bonds is 1. The number of halogens is 1. The molecule has 1 aliphatic heterocycles. The summed E-state index contributed by atoms with van der Waals surface area (Å²) >= 11 is 3.40. The summed E-state index contributed by atoms with van der Waals surface area (Å²) in [5, 5.41) is 4.28. The predicted octanol–water partition coefficient (Wildman–Crippen LogP) is 1.52. The Bertz CT molecular complexity index is 271. The van der Waals surface area contributed by atoms with Crippen LogP contribution in [0.25, 0.3) is 0 Å². The SMILES string of the molecule is CN1CCC(n2cc(Br)cn2)C1. The van der Waals surface area contributed by atoms with Crippen molar-refractivity contribution in [2.24, 2.45) is 0 Å². The highest BCUT2D eigenvalue weighted by Gasteiger charge is 2.21. The molecule has 1 atom stereocenters. The topological polar surface area (TPSA) is 21.1 Å². The molecule has 0 saturated carbocycles. The number of likely N-dealkylation sites (tertiary alicyclic amines) is 1. The van der Waals surface area contributed by atoms with E-state index >= 15 is 0 Å². The van der Waals surface area contributed by atoms with E-state index in [-0.39, 0.29) is 0 Å². The van der Waals surface area contributed by atoms with Gasteiger partial charge in [0.15, 0.2) is 0 Å². The van der Waals surface area contributed by atoms with Crippen LogP contribution in [0.5, 0.6) is 0 Å². The van der Waals surface area contributed by atoms with Gasteiger partial charge in [0, 0.05) is 12.7 Å². The van der Waals surface area contributed by atoms with Crippen molar-refractivity contribution in [3.8, 4) is 0 Å². The average molecular weight is 230 g/mol. The maximum Gasteiger partial charge on any atom is 0.0658 e. The van der Waals surface area contributed by atoms with Crippen LogP contribution in [0.2, 0.25) is 0 Å². The molecule has 1 aromatic rings. The Kier molecular flexibility index (Phi) is 2.19. The summed E-state index contributed by atoms with van der Waals surface area (Å²) in [5.41, 5.74) is 0. The van der Waals surface area contributed by atoms with Crippen LogP contribution in [0, 0.1) is 0 Å². The van der Waals surface area contributed by atoms with Gasteiger partial charge in [-0.15, -0.1) is 0 Å². The van der Waals surface area contributed by atoms with E-state index in [0.29, 0.717) is 6.04 Å². The number of hydrogen-bond acceptors (Lipinski definition) is 2. The van der Waals surface area contributed by atoms with Crippen molar-refractivity contribution in [1.29, 1.82) is 0 Å². The van der Waals surface area contributed by atoms with Gasteiger partial charge in [-0.2, -0.15) is 5.10 Å².